The summed E-state index contributed by atoms with van der Waals surface area (Å²) in [6.45, 7) is 0.604. The number of carboxylic acids is 1. The molecule has 1 aromatic rings. The van der Waals surface area contributed by atoms with Gasteiger partial charge in [-0.15, -0.1) is 0 Å². The average Bonchev–Trinajstić information content (AvgIpc) is 2.46. The predicted octanol–water partition coefficient (Wildman–Crippen LogP) is 0.498. The maximum absolute atomic E-state index is 10.8. The van der Waals surface area contributed by atoms with Gasteiger partial charge in [-0.2, -0.15) is 0 Å². The molecule has 1 aliphatic rings. The van der Waals surface area contributed by atoms with Crippen LogP contribution in [0.25, 0.3) is 0 Å². The number of aliphatic carboxylic acids is 1. The summed E-state index contributed by atoms with van der Waals surface area (Å²) in [5.74, 6) is -0.857. The van der Waals surface area contributed by atoms with E-state index >= 15 is 0 Å². The van der Waals surface area contributed by atoms with Crippen molar-refractivity contribution < 1.29 is 9.90 Å². The van der Waals surface area contributed by atoms with Crippen molar-refractivity contribution in [3.8, 4) is 0 Å². The summed E-state index contributed by atoms with van der Waals surface area (Å²) in [5.41, 5.74) is 7.98. The van der Waals surface area contributed by atoms with Crippen molar-refractivity contribution in [1.29, 1.82) is 0 Å². The van der Waals surface area contributed by atoms with Crippen LogP contribution in [0.3, 0.4) is 0 Å². The average molecular weight is 178 g/mol. The molecule has 1 aliphatic heterocycles. The lowest BCUT2D eigenvalue weighted by molar-refractivity contribution is -0.139. The molecule has 4 heteroatoms. The molecular weight excluding hydrogens is 168 g/mol. The van der Waals surface area contributed by atoms with Crippen molar-refractivity contribution in [3.63, 3.8) is 0 Å². The number of rotatable bonds is 1. The normalized spacial score (nSPS) is 19.8. The van der Waals surface area contributed by atoms with Crippen molar-refractivity contribution in [2.24, 2.45) is 0 Å². The van der Waals surface area contributed by atoms with Crippen molar-refractivity contribution in [1.82, 2.24) is 5.32 Å². The Morgan fingerprint density at radius 1 is 1.62 bits per heavy atom. The van der Waals surface area contributed by atoms with E-state index in [9.17, 15) is 4.79 Å². The van der Waals surface area contributed by atoms with E-state index in [-0.39, 0.29) is 0 Å². The lowest BCUT2D eigenvalue weighted by atomic mass is 10.0. The first-order chi connectivity index (χ1) is 6.18. The number of carboxylic acid groups (broad SMARTS) is 1. The van der Waals surface area contributed by atoms with Crippen LogP contribution in [0, 0.1) is 0 Å². The van der Waals surface area contributed by atoms with Crippen LogP contribution in [0.2, 0.25) is 0 Å². The summed E-state index contributed by atoms with van der Waals surface area (Å²) in [5, 5.41) is 11.7. The lowest BCUT2D eigenvalue weighted by Crippen LogP contribution is -2.21. The van der Waals surface area contributed by atoms with Gasteiger partial charge < -0.3 is 10.8 Å². The van der Waals surface area contributed by atoms with E-state index in [0.717, 1.165) is 11.1 Å². The SMILES string of the molecule is Nc1ccc2c(c1)C(C(=O)O)NC2. The molecule has 1 aromatic carbocycles. The van der Waals surface area contributed by atoms with Gasteiger partial charge in [0.2, 0.25) is 0 Å². The summed E-state index contributed by atoms with van der Waals surface area (Å²) in [6.07, 6.45) is 0. The van der Waals surface area contributed by atoms with E-state index in [4.69, 9.17) is 10.8 Å². The smallest absolute Gasteiger partial charge is 0.325 e. The zero-order valence-corrected chi connectivity index (χ0v) is 6.95. The number of fused-ring (bicyclic) bond motifs is 1. The number of benzene rings is 1. The zero-order chi connectivity index (χ0) is 9.42. The second-order valence-electron chi connectivity index (χ2n) is 3.11. The van der Waals surface area contributed by atoms with Gasteiger partial charge in [0, 0.05) is 12.2 Å². The topological polar surface area (TPSA) is 75.4 Å². The van der Waals surface area contributed by atoms with Crippen LogP contribution < -0.4 is 11.1 Å². The summed E-state index contributed by atoms with van der Waals surface area (Å²) in [6, 6.07) is 4.76. The standard InChI is InChI=1S/C9H10N2O2/c10-6-2-1-5-4-11-8(9(12)13)7(5)3-6/h1-3,8,11H,4,10H2,(H,12,13). The fraction of sp³-hybridized carbons (Fsp3) is 0.222. The molecule has 2 rings (SSSR count). The molecular formula is C9H10N2O2. The fourth-order valence-electron chi connectivity index (χ4n) is 1.59. The number of anilines is 1. The van der Waals surface area contributed by atoms with Gasteiger partial charge in [-0.25, -0.2) is 0 Å². The second kappa shape index (κ2) is 2.74. The highest BCUT2D eigenvalue weighted by Crippen LogP contribution is 2.26. The maximum Gasteiger partial charge on any atom is 0.325 e. The number of nitrogen functional groups attached to an aromatic ring is 1. The number of carbonyl (C=O) groups is 1. The van der Waals surface area contributed by atoms with Crippen LogP contribution in [0.4, 0.5) is 5.69 Å². The fourth-order valence-corrected chi connectivity index (χ4v) is 1.59. The number of nitrogens with one attached hydrogen (secondary N) is 1. The van der Waals surface area contributed by atoms with Crippen LogP contribution in [-0.4, -0.2) is 11.1 Å². The molecule has 68 valence electrons. The Morgan fingerprint density at radius 2 is 2.38 bits per heavy atom. The summed E-state index contributed by atoms with van der Waals surface area (Å²) < 4.78 is 0. The monoisotopic (exact) mass is 178 g/mol. The van der Waals surface area contributed by atoms with Crippen molar-refractivity contribution in [3.05, 3.63) is 29.3 Å². The summed E-state index contributed by atoms with van der Waals surface area (Å²) >= 11 is 0. The molecule has 0 fully saturated rings. The van der Waals surface area contributed by atoms with Gasteiger partial charge in [-0.1, -0.05) is 6.07 Å². The Hall–Kier alpha value is -1.55. The zero-order valence-electron chi connectivity index (χ0n) is 6.95. The first-order valence-corrected chi connectivity index (χ1v) is 4.03. The minimum Gasteiger partial charge on any atom is -0.480 e. The molecule has 4 nitrogen and oxygen atoms in total. The largest absolute Gasteiger partial charge is 0.480 e. The van der Waals surface area contributed by atoms with Crippen LogP contribution >= 0.6 is 0 Å². The number of hydrogen-bond donors (Lipinski definition) is 3. The third-order valence-electron chi connectivity index (χ3n) is 2.22. The van der Waals surface area contributed by atoms with E-state index in [0.29, 0.717) is 12.2 Å². The van der Waals surface area contributed by atoms with Crippen LogP contribution in [0.5, 0.6) is 0 Å². The number of nitrogens with two attached hydrogens (primary N) is 1. The minimum absolute atomic E-state index is 0.599. The van der Waals surface area contributed by atoms with E-state index in [1.807, 2.05) is 6.07 Å². The first kappa shape index (κ1) is 8.07. The van der Waals surface area contributed by atoms with Gasteiger partial charge in [0.05, 0.1) is 0 Å². The molecule has 0 aromatic heterocycles. The Balaban J connectivity index is 2.46. The van der Waals surface area contributed by atoms with Crippen molar-refractivity contribution in [2.75, 3.05) is 5.73 Å². The van der Waals surface area contributed by atoms with Crippen LogP contribution in [-0.2, 0) is 11.3 Å². The van der Waals surface area contributed by atoms with Crippen molar-refractivity contribution in [2.45, 2.75) is 12.6 Å². The molecule has 0 saturated heterocycles. The molecule has 4 N–H and O–H groups in total. The Bertz CT molecular complexity index is 363. The summed E-state index contributed by atoms with van der Waals surface area (Å²) in [7, 11) is 0. The van der Waals surface area contributed by atoms with Gasteiger partial charge in [-0.05, 0) is 23.3 Å². The number of hydrogen-bond acceptors (Lipinski definition) is 3. The van der Waals surface area contributed by atoms with Gasteiger partial charge >= 0.3 is 5.97 Å². The lowest BCUT2D eigenvalue weighted by Gasteiger charge is -2.05. The summed E-state index contributed by atoms with van der Waals surface area (Å²) in [4.78, 5) is 10.8. The van der Waals surface area contributed by atoms with Crippen LogP contribution in [0.1, 0.15) is 17.2 Å². The Morgan fingerprint density at radius 3 is 3.08 bits per heavy atom. The third kappa shape index (κ3) is 1.25. The second-order valence-corrected chi connectivity index (χ2v) is 3.11. The molecule has 0 saturated carbocycles. The predicted molar refractivity (Wildman–Crippen MR) is 48.1 cm³/mol. The molecule has 0 aliphatic carbocycles. The van der Waals surface area contributed by atoms with E-state index in [2.05, 4.69) is 5.32 Å². The molecule has 1 atom stereocenters. The maximum atomic E-state index is 10.8. The van der Waals surface area contributed by atoms with Crippen molar-refractivity contribution >= 4 is 11.7 Å². The molecule has 1 unspecified atom stereocenters. The molecule has 1 heterocycles. The molecule has 0 radical (unpaired) electrons. The molecule has 0 bridgehead atoms. The van der Waals surface area contributed by atoms with Gasteiger partial charge in [0.25, 0.3) is 0 Å². The van der Waals surface area contributed by atoms with Gasteiger partial charge in [0.1, 0.15) is 6.04 Å². The third-order valence-corrected chi connectivity index (χ3v) is 2.22. The van der Waals surface area contributed by atoms with Crippen LogP contribution in [0.15, 0.2) is 18.2 Å². The first-order valence-electron chi connectivity index (χ1n) is 4.03. The highest BCUT2D eigenvalue weighted by Gasteiger charge is 2.27. The van der Waals surface area contributed by atoms with E-state index in [1.54, 1.807) is 12.1 Å². The Labute approximate surface area is 75.4 Å². The quantitative estimate of drug-likeness (QED) is 0.547. The van der Waals surface area contributed by atoms with Gasteiger partial charge in [0.15, 0.2) is 0 Å². The molecule has 13 heavy (non-hydrogen) atoms. The highest BCUT2D eigenvalue weighted by atomic mass is 16.4. The Kier molecular flexibility index (Phi) is 1.70. The van der Waals surface area contributed by atoms with Gasteiger partial charge in [-0.3, -0.25) is 10.1 Å². The van der Waals surface area contributed by atoms with E-state index < -0.39 is 12.0 Å². The molecule has 0 amide bonds. The molecule has 0 spiro atoms. The minimum atomic E-state index is -0.857. The highest BCUT2D eigenvalue weighted by molar-refractivity contribution is 5.77. The van der Waals surface area contributed by atoms with E-state index in [1.165, 1.54) is 0 Å².